The van der Waals surface area contributed by atoms with Crippen molar-refractivity contribution in [3.8, 4) is 12.3 Å². The molecule has 3 N–H and O–H groups in total. The van der Waals surface area contributed by atoms with E-state index in [1.807, 2.05) is 0 Å². The van der Waals surface area contributed by atoms with E-state index >= 15 is 0 Å². The van der Waals surface area contributed by atoms with Crippen molar-refractivity contribution >= 4 is 23.4 Å². The molecule has 0 radical (unpaired) electrons. The minimum atomic E-state index is -0.858. The number of benzene rings is 1. The fourth-order valence-electron chi connectivity index (χ4n) is 1.18. The lowest BCUT2D eigenvalue weighted by molar-refractivity contribution is -0.119. The molecule has 5 heteroatoms. The third-order valence-electron chi connectivity index (χ3n) is 2.08. The van der Waals surface area contributed by atoms with Gasteiger partial charge in [-0.1, -0.05) is 11.6 Å². The van der Waals surface area contributed by atoms with E-state index in [9.17, 15) is 9.59 Å². The predicted molar refractivity (Wildman–Crippen MR) is 65.4 cm³/mol. The van der Waals surface area contributed by atoms with E-state index in [1.54, 1.807) is 24.3 Å². The molecule has 1 aromatic carbocycles. The number of carbonyl (C=O) groups is 2. The second kappa shape index (κ2) is 5.92. The second-order valence-corrected chi connectivity index (χ2v) is 3.78. The molecule has 0 unspecified atom stereocenters. The molecule has 0 aliphatic carbocycles. The largest absolute Gasteiger partial charge is 0.368 e. The molecule has 0 aliphatic heterocycles. The van der Waals surface area contributed by atoms with E-state index in [2.05, 4.69) is 11.2 Å². The number of terminal acetylenes is 1. The number of hydrogen-bond acceptors (Lipinski definition) is 2. The van der Waals surface area contributed by atoms with Crippen LogP contribution >= 0.6 is 11.6 Å². The summed E-state index contributed by atoms with van der Waals surface area (Å²) >= 11 is 5.69. The van der Waals surface area contributed by atoms with Crippen molar-refractivity contribution in [1.29, 1.82) is 0 Å². The van der Waals surface area contributed by atoms with Crippen LogP contribution in [0.15, 0.2) is 24.3 Å². The lowest BCUT2D eigenvalue weighted by Gasteiger charge is -2.12. The van der Waals surface area contributed by atoms with Gasteiger partial charge in [-0.05, 0) is 24.3 Å². The van der Waals surface area contributed by atoms with Gasteiger partial charge in [0.05, 0.1) is 0 Å². The molecule has 0 heterocycles. The van der Waals surface area contributed by atoms with E-state index in [0.717, 1.165) is 0 Å². The second-order valence-electron chi connectivity index (χ2n) is 3.34. The number of nitrogens with two attached hydrogens (primary N) is 1. The Morgan fingerprint density at radius 2 is 2.00 bits per heavy atom. The van der Waals surface area contributed by atoms with Gasteiger partial charge in [0.1, 0.15) is 6.04 Å². The number of carbonyl (C=O) groups excluding carboxylic acids is 2. The standard InChI is InChI=1S/C12H11ClN2O2/c1-2-3-10(11(14)16)15-12(17)8-4-6-9(13)7-5-8/h1,4-7,10H,3H2,(H2,14,16)(H,15,17)/t10-/m0/s1. The SMILES string of the molecule is C#CC[C@H](NC(=O)c1ccc(Cl)cc1)C(N)=O. The van der Waals surface area contributed by atoms with Crippen LogP contribution < -0.4 is 11.1 Å². The molecule has 0 bridgehead atoms. The van der Waals surface area contributed by atoms with Gasteiger partial charge in [0.25, 0.3) is 5.91 Å². The first-order valence-corrected chi connectivity index (χ1v) is 5.21. The molecule has 2 amide bonds. The molecule has 0 fully saturated rings. The average molecular weight is 251 g/mol. The van der Waals surface area contributed by atoms with Gasteiger partial charge in [0, 0.05) is 17.0 Å². The van der Waals surface area contributed by atoms with E-state index in [1.165, 1.54) is 0 Å². The van der Waals surface area contributed by atoms with Gasteiger partial charge in [-0.15, -0.1) is 12.3 Å². The van der Waals surface area contributed by atoms with Crippen LogP contribution in [0.5, 0.6) is 0 Å². The highest BCUT2D eigenvalue weighted by Gasteiger charge is 2.17. The summed E-state index contributed by atoms with van der Waals surface area (Å²) in [4.78, 5) is 22.7. The fraction of sp³-hybridized carbons (Fsp3) is 0.167. The van der Waals surface area contributed by atoms with Crippen molar-refractivity contribution < 1.29 is 9.59 Å². The average Bonchev–Trinajstić information content (AvgIpc) is 2.29. The third kappa shape index (κ3) is 3.82. The number of nitrogens with one attached hydrogen (secondary N) is 1. The first kappa shape index (κ1) is 13.1. The minimum Gasteiger partial charge on any atom is -0.368 e. The molecule has 0 aliphatic rings. The first-order valence-electron chi connectivity index (χ1n) is 4.84. The molecule has 1 atom stereocenters. The quantitative estimate of drug-likeness (QED) is 0.781. The van der Waals surface area contributed by atoms with Gasteiger partial charge in [-0.25, -0.2) is 0 Å². The van der Waals surface area contributed by atoms with E-state index in [4.69, 9.17) is 23.8 Å². The zero-order valence-electron chi connectivity index (χ0n) is 8.94. The topological polar surface area (TPSA) is 72.2 Å². The molecule has 88 valence electrons. The van der Waals surface area contributed by atoms with Crippen LogP contribution in [0.25, 0.3) is 0 Å². The molecule has 0 saturated carbocycles. The number of primary amides is 1. The molecule has 0 spiro atoms. The monoisotopic (exact) mass is 250 g/mol. The maximum atomic E-state index is 11.7. The summed E-state index contributed by atoms with van der Waals surface area (Å²) in [5.74, 6) is 1.20. The highest BCUT2D eigenvalue weighted by Crippen LogP contribution is 2.09. The van der Waals surface area contributed by atoms with Gasteiger partial charge in [-0.3, -0.25) is 9.59 Å². The minimum absolute atomic E-state index is 0.0641. The molecule has 17 heavy (non-hydrogen) atoms. The Bertz CT molecular complexity index is 462. The van der Waals surface area contributed by atoms with Crippen molar-refractivity contribution in [3.63, 3.8) is 0 Å². The highest BCUT2D eigenvalue weighted by molar-refractivity contribution is 6.30. The summed E-state index contributed by atoms with van der Waals surface area (Å²) in [6.45, 7) is 0. The lowest BCUT2D eigenvalue weighted by Crippen LogP contribution is -2.44. The van der Waals surface area contributed by atoms with Crippen LogP contribution in [0.4, 0.5) is 0 Å². The Morgan fingerprint density at radius 1 is 1.41 bits per heavy atom. The number of hydrogen-bond donors (Lipinski definition) is 2. The van der Waals surface area contributed by atoms with Crippen molar-refractivity contribution in [2.24, 2.45) is 5.73 Å². The Morgan fingerprint density at radius 3 is 2.47 bits per heavy atom. The van der Waals surface area contributed by atoms with Crippen molar-refractivity contribution in [1.82, 2.24) is 5.32 Å². The number of halogens is 1. The van der Waals surface area contributed by atoms with Gasteiger partial charge in [0.2, 0.25) is 5.91 Å². The molecule has 0 saturated heterocycles. The predicted octanol–water partition coefficient (Wildman–Crippen LogP) is 0.947. The summed E-state index contributed by atoms with van der Waals surface area (Å²) < 4.78 is 0. The molecular weight excluding hydrogens is 240 g/mol. The Balaban J connectivity index is 2.74. The first-order chi connectivity index (χ1) is 8.04. The van der Waals surface area contributed by atoms with E-state index in [0.29, 0.717) is 10.6 Å². The van der Waals surface area contributed by atoms with Crippen molar-refractivity contribution in [2.45, 2.75) is 12.5 Å². The number of amides is 2. The van der Waals surface area contributed by atoms with Crippen molar-refractivity contribution in [3.05, 3.63) is 34.9 Å². The Hall–Kier alpha value is -1.99. The van der Waals surface area contributed by atoms with E-state index < -0.39 is 17.9 Å². The maximum absolute atomic E-state index is 11.7. The van der Waals surface area contributed by atoms with Crippen LogP contribution in [0.3, 0.4) is 0 Å². The summed E-state index contributed by atoms with van der Waals surface area (Å²) in [5, 5.41) is 2.98. The third-order valence-corrected chi connectivity index (χ3v) is 2.33. The molecule has 1 aromatic rings. The van der Waals surface area contributed by atoms with Gasteiger partial charge >= 0.3 is 0 Å². The lowest BCUT2D eigenvalue weighted by atomic mass is 10.1. The fourth-order valence-corrected chi connectivity index (χ4v) is 1.31. The zero-order valence-corrected chi connectivity index (χ0v) is 9.70. The Labute approximate surface area is 104 Å². The van der Waals surface area contributed by atoms with Crippen LogP contribution in [0.2, 0.25) is 5.02 Å². The summed E-state index contributed by atoms with van der Waals surface area (Å²) in [5.41, 5.74) is 5.49. The Kier molecular flexibility index (Phi) is 4.56. The highest BCUT2D eigenvalue weighted by atomic mass is 35.5. The molecular formula is C12H11ClN2O2. The number of rotatable bonds is 4. The smallest absolute Gasteiger partial charge is 0.251 e. The normalized spacial score (nSPS) is 11.3. The maximum Gasteiger partial charge on any atom is 0.251 e. The van der Waals surface area contributed by atoms with Crippen LogP contribution in [-0.2, 0) is 4.79 Å². The zero-order chi connectivity index (χ0) is 12.8. The van der Waals surface area contributed by atoms with E-state index in [-0.39, 0.29) is 6.42 Å². The summed E-state index contributed by atoms with van der Waals surface area (Å²) in [6.07, 6.45) is 5.14. The van der Waals surface area contributed by atoms with Gasteiger partial charge in [-0.2, -0.15) is 0 Å². The summed E-state index contributed by atoms with van der Waals surface area (Å²) in [7, 11) is 0. The van der Waals surface area contributed by atoms with Crippen LogP contribution in [0, 0.1) is 12.3 Å². The van der Waals surface area contributed by atoms with Crippen LogP contribution in [-0.4, -0.2) is 17.9 Å². The van der Waals surface area contributed by atoms with Crippen molar-refractivity contribution in [2.75, 3.05) is 0 Å². The van der Waals surface area contributed by atoms with Gasteiger partial charge < -0.3 is 11.1 Å². The van der Waals surface area contributed by atoms with Gasteiger partial charge in [0.15, 0.2) is 0 Å². The molecule has 1 rings (SSSR count). The summed E-state index contributed by atoms with van der Waals surface area (Å²) in [6, 6.07) is 5.40. The molecule has 0 aromatic heterocycles. The molecule has 4 nitrogen and oxygen atoms in total. The van der Waals surface area contributed by atoms with Crippen LogP contribution in [0.1, 0.15) is 16.8 Å².